The number of nitrogens with zero attached hydrogens (tertiary/aromatic N) is 4. The maximum Gasteiger partial charge on any atom is 0.240 e. The standard InChI is InChI=1S/C15H22BrN7OS/c1-5-22-10(3)12(8-17-22)18-15(25)20-19-13(24)6-7-23-11(4)14(16)9(2)21-23/h8H,5-7H2,1-4H3,(H,19,24)(H2,18,20,25). The van der Waals surface area contributed by atoms with Gasteiger partial charge in [-0.2, -0.15) is 10.2 Å². The number of amides is 1. The SMILES string of the molecule is CCn1ncc(NC(=S)NNC(=O)CCn2nc(C)c(Br)c2C)c1C. The first kappa shape index (κ1) is 19.4. The molecule has 0 bridgehead atoms. The number of aromatic nitrogens is 4. The summed E-state index contributed by atoms with van der Waals surface area (Å²) >= 11 is 8.65. The van der Waals surface area contributed by atoms with E-state index in [1.165, 1.54) is 0 Å². The fourth-order valence-electron chi connectivity index (χ4n) is 2.33. The third-order valence-corrected chi connectivity index (χ3v) is 5.16. The maximum atomic E-state index is 12.0. The quantitative estimate of drug-likeness (QED) is 0.500. The molecule has 2 heterocycles. The van der Waals surface area contributed by atoms with E-state index in [0.29, 0.717) is 11.7 Å². The average molecular weight is 428 g/mol. The number of hydrazine groups is 1. The Morgan fingerprint density at radius 1 is 1.24 bits per heavy atom. The van der Waals surface area contributed by atoms with Gasteiger partial charge in [-0.25, -0.2) is 0 Å². The number of hydrogen-bond donors (Lipinski definition) is 3. The van der Waals surface area contributed by atoms with Crippen molar-refractivity contribution in [3.8, 4) is 0 Å². The minimum absolute atomic E-state index is 0.172. The number of carbonyl (C=O) groups excluding carboxylic acids is 1. The predicted octanol–water partition coefficient (Wildman–Crippen LogP) is 2.20. The Hall–Kier alpha value is -1.94. The van der Waals surface area contributed by atoms with E-state index in [1.54, 1.807) is 10.9 Å². The molecule has 0 aliphatic rings. The maximum absolute atomic E-state index is 12.0. The van der Waals surface area contributed by atoms with Gasteiger partial charge in [0.25, 0.3) is 0 Å². The van der Waals surface area contributed by atoms with Crippen LogP contribution in [0.15, 0.2) is 10.7 Å². The van der Waals surface area contributed by atoms with Crippen molar-refractivity contribution in [2.75, 3.05) is 5.32 Å². The van der Waals surface area contributed by atoms with Crippen LogP contribution in [0.1, 0.15) is 30.4 Å². The highest BCUT2D eigenvalue weighted by Gasteiger charge is 2.11. The zero-order valence-corrected chi connectivity index (χ0v) is 17.1. The van der Waals surface area contributed by atoms with Gasteiger partial charge in [0.1, 0.15) is 0 Å². The Kier molecular flexibility index (Phi) is 6.54. The predicted molar refractivity (Wildman–Crippen MR) is 104 cm³/mol. The first-order valence-electron chi connectivity index (χ1n) is 7.91. The van der Waals surface area contributed by atoms with Crippen LogP contribution in [-0.2, 0) is 17.9 Å². The topological polar surface area (TPSA) is 88.8 Å². The molecule has 0 radical (unpaired) electrons. The number of nitrogens with one attached hydrogen (secondary N) is 3. The number of anilines is 1. The Bertz CT molecular complexity index is 783. The second kappa shape index (κ2) is 8.43. The number of aryl methyl sites for hydroxylation is 3. The van der Waals surface area contributed by atoms with Crippen molar-refractivity contribution in [1.82, 2.24) is 30.4 Å². The van der Waals surface area contributed by atoms with Crippen molar-refractivity contribution in [3.63, 3.8) is 0 Å². The molecule has 1 amide bonds. The zero-order chi connectivity index (χ0) is 18.6. The van der Waals surface area contributed by atoms with Gasteiger partial charge in [0.15, 0.2) is 5.11 Å². The van der Waals surface area contributed by atoms with Gasteiger partial charge in [-0.1, -0.05) is 0 Å². The van der Waals surface area contributed by atoms with Crippen molar-refractivity contribution < 1.29 is 4.79 Å². The van der Waals surface area contributed by atoms with E-state index >= 15 is 0 Å². The molecule has 0 saturated heterocycles. The first-order valence-corrected chi connectivity index (χ1v) is 9.11. The Morgan fingerprint density at radius 2 is 1.96 bits per heavy atom. The van der Waals surface area contributed by atoms with Gasteiger partial charge in [-0.3, -0.25) is 25.0 Å². The largest absolute Gasteiger partial charge is 0.329 e. The summed E-state index contributed by atoms with van der Waals surface area (Å²) in [4.78, 5) is 12.0. The number of hydrogen-bond acceptors (Lipinski definition) is 4. The van der Waals surface area contributed by atoms with Crippen LogP contribution in [0.3, 0.4) is 0 Å². The van der Waals surface area contributed by atoms with Gasteiger partial charge < -0.3 is 5.32 Å². The number of carbonyl (C=O) groups is 1. The molecule has 0 aromatic carbocycles. The Labute approximate surface area is 160 Å². The number of halogens is 1. The van der Waals surface area contributed by atoms with Gasteiger partial charge in [0, 0.05) is 18.7 Å². The third kappa shape index (κ3) is 4.79. The lowest BCUT2D eigenvalue weighted by Gasteiger charge is -2.11. The Morgan fingerprint density at radius 3 is 2.52 bits per heavy atom. The van der Waals surface area contributed by atoms with Crippen LogP contribution in [0.5, 0.6) is 0 Å². The molecule has 0 saturated carbocycles. The summed E-state index contributed by atoms with van der Waals surface area (Å²) in [5.41, 5.74) is 8.97. The summed E-state index contributed by atoms with van der Waals surface area (Å²) in [6.07, 6.45) is 1.99. The molecule has 0 unspecified atom stereocenters. The van der Waals surface area contributed by atoms with Crippen LogP contribution < -0.4 is 16.2 Å². The third-order valence-electron chi connectivity index (χ3n) is 3.81. The van der Waals surface area contributed by atoms with Crippen molar-refractivity contribution in [2.45, 2.75) is 47.2 Å². The van der Waals surface area contributed by atoms with Gasteiger partial charge in [0.05, 0.1) is 34.3 Å². The fourth-order valence-corrected chi connectivity index (χ4v) is 2.78. The van der Waals surface area contributed by atoms with E-state index in [4.69, 9.17) is 12.2 Å². The van der Waals surface area contributed by atoms with E-state index in [0.717, 1.165) is 33.8 Å². The van der Waals surface area contributed by atoms with Crippen LogP contribution in [0, 0.1) is 20.8 Å². The van der Waals surface area contributed by atoms with Gasteiger partial charge in [-0.15, -0.1) is 0 Å². The summed E-state index contributed by atoms with van der Waals surface area (Å²) in [5.74, 6) is -0.172. The smallest absolute Gasteiger partial charge is 0.240 e. The average Bonchev–Trinajstić information content (AvgIpc) is 3.05. The van der Waals surface area contributed by atoms with Crippen LogP contribution in [-0.4, -0.2) is 30.6 Å². The van der Waals surface area contributed by atoms with Crippen molar-refractivity contribution in [3.05, 3.63) is 27.8 Å². The summed E-state index contributed by atoms with van der Waals surface area (Å²) in [5, 5.41) is 11.9. The molecular weight excluding hydrogens is 406 g/mol. The molecule has 2 rings (SSSR count). The highest BCUT2D eigenvalue weighted by molar-refractivity contribution is 9.10. The second-order valence-corrected chi connectivity index (χ2v) is 6.75. The van der Waals surface area contributed by atoms with Gasteiger partial charge in [-0.05, 0) is 55.8 Å². The molecular formula is C15H22BrN7OS. The van der Waals surface area contributed by atoms with E-state index in [2.05, 4.69) is 42.3 Å². The highest BCUT2D eigenvalue weighted by Crippen LogP contribution is 2.19. The van der Waals surface area contributed by atoms with Crippen LogP contribution in [0.25, 0.3) is 0 Å². The van der Waals surface area contributed by atoms with Crippen LogP contribution in [0.2, 0.25) is 0 Å². The molecule has 0 aliphatic heterocycles. The van der Waals surface area contributed by atoms with Crippen molar-refractivity contribution >= 4 is 44.9 Å². The summed E-state index contributed by atoms with van der Waals surface area (Å²) in [7, 11) is 0. The van der Waals surface area contributed by atoms with E-state index < -0.39 is 0 Å². The normalized spacial score (nSPS) is 10.6. The summed E-state index contributed by atoms with van der Waals surface area (Å²) in [6.45, 7) is 9.12. The van der Waals surface area contributed by atoms with E-state index in [-0.39, 0.29) is 12.3 Å². The molecule has 0 atom stereocenters. The number of thiocarbonyl (C=S) groups is 1. The van der Waals surface area contributed by atoms with Crippen molar-refractivity contribution in [1.29, 1.82) is 0 Å². The molecule has 10 heteroatoms. The summed E-state index contributed by atoms with van der Waals surface area (Å²) in [6, 6.07) is 0. The highest BCUT2D eigenvalue weighted by atomic mass is 79.9. The van der Waals surface area contributed by atoms with Gasteiger partial charge >= 0.3 is 0 Å². The summed E-state index contributed by atoms with van der Waals surface area (Å²) < 4.78 is 4.63. The van der Waals surface area contributed by atoms with Crippen LogP contribution in [0.4, 0.5) is 5.69 Å². The molecule has 2 aromatic heterocycles. The van der Waals surface area contributed by atoms with Crippen molar-refractivity contribution in [2.24, 2.45) is 0 Å². The molecule has 2 aromatic rings. The fraction of sp³-hybridized carbons (Fsp3) is 0.467. The zero-order valence-electron chi connectivity index (χ0n) is 14.7. The van der Waals surface area contributed by atoms with E-state index in [1.807, 2.05) is 32.4 Å². The van der Waals surface area contributed by atoms with Crippen LogP contribution >= 0.6 is 28.1 Å². The second-order valence-electron chi connectivity index (χ2n) is 5.54. The molecule has 25 heavy (non-hydrogen) atoms. The lowest BCUT2D eigenvalue weighted by atomic mass is 10.4. The lowest BCUT2D eigenvalue weighted by Crippen LogP contribution is -2.44. The minimum Gasteiger partial charge on any atom is -0.329 e. The van der Waals surface area contributed by atoms with Gasteiger partial charge in [0.2, 0.25) is 5.91 Å². The Balaban J connectivity index is 1.78. The monoisotopic (exact) mass is 427 g/mol. The molecule has 8 nitrogen and oxygen atoms in total. The minimum atomic E-state index is -0.172. The molecule has 0 spiro atoms. The molecule has 0 fully saturated rings. The first-order chi connectivity index (χ1) is 11.8. The number of rotatable bonds is 5. The lowest BCUT2D eigenvalue weighted by molar-refractivity contribution is -0.121. The molecule has 3 N–H and O–H groups in total. The molecule has 136 valence electrons. The van der Waals surface area contributed by atoms with E-state index in [9.17, 15) is 4.79 Å². The molecule has 0 aliphatic carbocycles.